The van der Waals surface area contributed by atoms with Gasteiger partial charge in [-0.05, 0) is 43.2 Å². The molecule has 5 heteroatoms. The van der Waals surface area contributed by atoms with Gasteiger partial charge in [0.25, 0.3) is 0 Å². The van der Waals surface area contributed by atoms with Crippen LogP contribution in [0.25, 0.3) is 0 Å². The number of nitrogens with zero attached hydrogens (tertiary/aromatic N) is 1. The Hall–Kier alpha value is -2.17. The van der Waals surface area contributed by atoms with Crippen LogP contribution in [0.15, 0.2) is 24.3 Å². The number of hydrogen-bond donors (Lipinski definition) is 1. The molecule has 4 rings (SSSR count). The Morgan fingerprint density at radius 3 is 2.67 bits per heavy atom. The van der Waals surface area contributed by atoms with Crippen molar-refractivity contribution in [3.05, 3.63) is 35.4 Å². The van der Waals surface area contributed by atoms with Gasteiger partial charge in [-0.15, -0.1) is 0 Å². The molecule has 1 unspecified atom stereocenters. The molecule has 5 nitrogen and oxygen atoms in total. The quantitative estimate of drug-likeness (QED) is 0.801. The fourth-order valence-electron chi connectivity index (χ4n) is 3.54. The molecule has 1 aromatic rings. The summed E-state index contributed by atoms with van der Waals surface area (Å²) in [6, 6.07) is 7.13. The highest BCUT2D eigenvalue weighted by Crippen LogP contribution is 2.51. The molecule has 3 aliphatic rings. The molecule has 0 aromatic heterocycles. The van der Waals surface area contributed by atoms with Crippen molar-refractivity contribution in [3.63, 3.8) is 0 Å². The Morgan fingerprint density at radius 2 is 1.90 bits per heavy atom. The zero-order valence-corrected chi connectivity index (χ0v) is 11.6. The molecule has 4 amide bonds. The van der Waals surface area contributed by atoms with Gasteiger partial charge in [-0.2, -0.15) is 0 Å². The molecule has 1 aliphatic heterocycles. The number of aryl methyl sites for hydroxylation is 1. The van der Waals surface area contributed by atoms with Crippen LogP contribution >= 0.6 is 0 Å². The van der Waals surface area contributed by atoms with Crippen molar-refractivity contribution in [1.29, 1.82) is 0 Å². The van der Waals surface area contributed by atoms with E-state index in [0.717, 1.165) is 24.8 Å². The highest BCUT2D eigenvalue weighted by atomic mass is 16.2. The first-order chi connectivity index (χ1) is 10.1. The number of hydrogen-bond acceptors (Lipinski definition) is 3. The maximum atomic E-state index is 12.7. The van der Waals surface area contributed by atoms with Gasteiger partial charge in [-0.3, -0.25) is 19.8 Å². The number of fused-ring (bicyclic) bond motifs is 1. The second-order valence-electron chi connectivity index (χ2n) is 6.12. The van der Waals surface area contributed by atoms with E-state index in [-0.39, 0.29) is 11.9 Å². The number of benzene rings is 1. The lowest BCUT2D eigenvalue weighted by Crippen LogP contribution is -2.60. The van der Waals surface area contributed by atoms with Crippen LogP contribution in [0.3, 0.4) is 0 Å². The molecule has 21 heavy (non-hydrogen) atoms. The Labute approximate surface area is 122 Å². The van der Waals surface area contributed by atoms with Crippen molar-refractivity contribution >= 4 is 17.8 Å². The molecule has 1 saturated carbocycles. The van der Waals surface area contributed by atoms with Gasteiger partial charge < -0.3 is 0 Å². The number of imide groups is 2. The average Bonchev–Trinajstić information content (AvgIpc) is 3.28. The fourth-order valence-corrected chi connectivity index (χ4v) is 3.54. The summed E-state index contributed by atoms with van der Waals surface area (Å²) in [6.07, 6.45) is 3.78. The van der Waals surface area contributed by atoms with E-state index in [9.17, 15) is 14.4 Å². The maximum absolute atomic E-state index is 12.7. The molecular formula is C16H16N2O3. The van der Waals surface area contributed by atoms with E-state index >= 15 is 0 Å². The number of nitrogens with one attached hydrogen (secondary N) is 1. The van der Waals surface area contributed by atoms with Gasteiger partial charge in [-0.1, -0.05) is 24.3 Å². The number of urea groups is 1. The molecule has 1 saturated heterocycles. The summed E-state index contributed by atoms with van der Waals surface area (Å²) in [7, 11) is 0. The molecule has 108 valence electrons. The highest BCUT2D eigenvalue weighted by molar-refractivity contribution is 6.21. The van der Waals surface area contributed by atoms with Crippen LogP contribution in [-0.4, -0.2) is 22.7 Å². The summed E-state index contributed by atoms with van der Waals surface area (Å²) < 4.78 is 0. The zero-order valence-electron chi connectivity index (χ0n) is 11.6. The van der Waals surface area contributed by atoms with Crippen molar-refractivity contribution in [2.24, 2.45) is 5.41 Å². The van der Waals surface area contributed by atoms with Gasteiger partial charge in [0.2, 0.25) is 11.8 Å². The summed E-state index contributed by atoms with van der Waals surface area (Å²) in [5.41, 5.74) is 1.27. The van der Waals surface area contributed by atoms with Gasteiger partial charge in [0.15, 0.2) is 0 Å². The zero-order chi connectivity index (χ0) is 14.6. The summed E-state index contributed by atoms with van der Waals surface area (Å²) >= 11 is 0. The fraction of sp³-hybridized carbons (Fsp3) is 0.438. The molecule has 0 bridgehead atoms. The second kappa shape index (κ2) is 4.16. The lowest BCUT2D eigenvalue weighted by atomic mass is 9.85. The van der Waals surface area contributed by atoms with E-state index in [4.69, 9.17) is 0 Å². The summed E-state index contributed by atoms with van der Waals surface area (Å²) in [4.78, 5) is 38.1. The minimum absolute atomic E-state index is 0.243. The van der Waals surface area contributed by atoms with Crippen LogP contribution in [0.4, 0.5) is 4.79 Å². The minimum Gasteiger partial charge on any atom is -0.277 e. The Morgan fingerprint density at radius 1 is 1.14 bits per heavy atom. The topological polar surface area (TPSA) is 66.5 Å². The summed E-state index contributed by atoms with van der Waals surface area (Å²) in [6.45, 7) is 0. The van der Waals surface area contributed by atoms with Gasteiger partial charge in [0, 0.05) is 0 Å². The molecule has 1 aromatic carbocycles. The molecule has 1 spiro atoms. The monoisotopic (exact) mass is 284 g/mol. The number of barbiturate groups is 1. The van der Waals surface area contributed by atoms with Crippen molar-refractivity contribution < 1.29 is 14.4 Å². The number of carbonyl (C=O) groups excluding carboxylic acids is 3. The highest BCUT2D eigenvalue weighted by Gasteiger charge is 2.63. The van der Waals surface area contributed by atoms with E-state index in [1.807, 2.05) is 24.3 Å². The van der Waals surface area contributed by atoms with Crippen LogP contribution in [-0.2, 0) is 16.0 Å². The first-order valence-corrected chi connectivity index (χ1v) is 7.40. The van der Waals surface area contributed by atoms with E-state index in [1.165, 1.54) is 10.5 Å². The lowest BCUT2D eigenvalue weighted by Gasteiger charge is -2.38. The average molecular weight is 284 g/mol. The maximum Gasteiger partial charge on any atom is 0.331 e. The Bertz CT molecular complexity index is 663. The third kappa shape index (κ3) is 1.66. The van der Waals surface area contributed by atoms with Crippen LogP contribution < -0.4 is 5.32 Å². The molecule has 2 aliphatic carbocycles. The van der Waals surface area contributed by atoms with E-state index < -0.39 is 17.4 Å². The van der Waals surface area contributed by atoms with Crippen LogP contribution in [0.1, 0.15) is 42.9 Å². The Kier molecular flexibility index (Phi) is 2.49. The SMILES string of the molecule is O=C1NC(=O)C2(CC2)C(=O)N1C1CCCc2ccccc21. The van der Waals surface area contributed by atoms with Crippen molar-refractivity contribution in [1.82, 2.24) is 10.2 Å². The third-order valence-corrected chi connectivity index (χ3v) is 4.90. The predicted molar refractivity (Wildman–Crippen MR) is 74.2 cm³/mol. The van der Waals surface area contributed by atoms with E-state index in [2.05, 4.69) is 5.32 Å². The molecule has 0 radical (unpaired) electrons. The van der Waals surface area contributed by atoms with Crippen LogP contribution in [0.2, 0.25) is 0 Å². The van der Waals surface area contributed by atoms with Gasteiger partial charge in [0.1, 0.15) is 5.41 Å². The molecular weight excluding hydrogens is 268 g/mol. The standard InChI is InChI=1S/C16H16N2O3/c19-13-16(8-9-16)14(20)18(15(21)17-13)12-7-3-5-10-4-1-2-6-11(10)12/h1-2,4,6,12H,3,5,7-9H2,(H,17,19,21). The van der Waals surface area contributed by atoms with Crippen LogP contribution in [0, 0.1) is 5.41 Å². The third-order valence-electron chi connectivity index (χ3n) is 4.90. The first kappa shape index (κ1) is 12.6. The number of carbonyl (C=O) groups is 3. The smallest absolute Gasteiger partial charge is 0.277 e. The van der Waals surface area contributed by atoms with Crippen molar-refractivity contribution in [2.75, 3.05) is 0 Å². The summed E-state index contributed by atoms with van der Waals surface area (Å²) in [5, 5.41) is 2.37. The van der Waals surface area contributed by atoms with Gasteiger partial charge in [-0.25, -0.2) is 4.79 Å². The molecule has 1 atom stereocenters. The van der Waals surface area contributed by atoms with E-state index in [1.54, 1.807) is 0 Å². The normalized spacial score (nSPS) is 26.6. The number of amides is 4. The van der Waals surface area contributed by atoms with Gasteiger partial charge in [0.05, 0.1) is 6.04 Å². The first-order valence-electron chi connectivity index (χ1n) is 7.40. The van der Waals surface area contributed by atoms with Gasteiger partial charge >= 0.3 is 6.03 Å². The Balaban J connectivity index is 1.75. The number of rotatable bonds is 1. The lowest BCUT2D eigenvalue weighted by molar-refractivity contribution is -0.146. The molecule has 1 heterocycles. The largest absolute Gasteiger partial charge is 0.331 e. The second-order valence-corrected chi connectivity index (χ2v) is 6.12. The minimum atomic E-state index is -0.958. The summed E-state index contributed by atoms with van der Waals surface area (Å²) in [5.74, 6) is -0.726. The van der Waals surface area contributed by atoms with Crippen molar-refractivity contribution in [3.8, 4) is 0 Å². The van der Waals surface area contributed by atoms with Crippen LogP contribution in [0.5, 0.6) is 0 Å². The van der Waals surface area contributed by atoms with E-state index in [0.29, 0.717) is 12.8 Å². The molecule has 1 N–H and O–H groups in total. The predicted octanol–water partition coefficient (Wildman–Crippen LogP) is 1.92. The molecule has 2 fully saturated rings. The van der Waals surface area contributed by atoms with Crippen molar-refractivity contribution in [2.45, 2.75) is 38.1 Å².